The summed E-state index contributed by atoms with van der Waals surface area (Å²) in [7, 11) is 1.80. The summed E-state index contributed by atoms with van der Waals surface area (Å²) < 4.78 is 0.587. The highest BCUT2D eigenvalue weighted by Crippen LogP contribution is 2.32. The monoisotopic (exact) mass is 312 g/mol. The molecule has 1 heterocycles. The minimum atomic E-state index is -0.464. The van der Waals surface area contributed by atoms with Gasteiger partial charge in [0, 0.05) is 19.2 Å². The smallest absolute Gasteiger partial charge is 0.291 e. The predicted molar refractivity (Wildman–Crippen MR) is 71.4 cm³/mol. The second kappa shape index (κ2) is 5.78. The molecule has 0 aliphatic heterocycles. The fourth-order valence-corrected chi connectivity index (χ4v) is 2.15. The number of nitro groups is 1. The minimum absolute atomic E-state index is 0.0210. The topological polar surface area (TPSA) is 83.1 Å². The van der Waals surface area contributed by atoms with E-state index in [1.807, 2.05) is 6.92 Å². The summed E-state index contributed by atoms with van der Waals surface area (Å²) >= 11 is 3.32. The van der Waals surface area contributed by atoms with Gasteiger partial charge in [0.15, 0.2) is 0 Å². The largest absolute Gasteiger partial charge is 0.357 e. The van der Waals surface area contributed by atoms with Crippen LogP contribution in [0.1, 0.15) is 12.5 Å². The van der Waals surface area contributed by atoms with Crippen molar-refractivity contribution in [2.24, 2.45) is 5.92 Å². The fourth-order valence-electron chi connectivity index (χ4n) is 1.54. The third-order valence-electron chi connectivity index (χ3n) is 2.55. The Balaban J connectivity index is 3.09. The Hall–Kier alpha value is -1.68. The van der Waals surface area contributed by atoms with Crippen molar-refractivity contribution in [3.05, 3.63) is 26.3 Å². The molecule has 0 saturated carbocycles. The summed E-state index contributed by atoms with van der Waals surface area (Å²) in [4.78, 5) is 16.2. The molecular weight excluding hydrogens is 300 g/mol. The van der Waals surface area contributed by atoms with Crippen LogP contribution in [0.5, 0.6) is 0 Å². The number of aromatic nitrogens is 1. The summed E-state index contributed by atoms with van der Waals surface area (Å²) in [6, 6.07) is 2.14. The third kappa shape index (κ3) is 2.96. The maximum absolute atomic E-state index is 10.8. The molecular formula is C11H13BrN4O2. The zero-order chi connectivity index (χ0) is 13.9. The van der Waals surface area contributed by atoms with Crippen LogP contribution in [0.15, 0.2) is 10.7 Å². The maximum Gasteiger partial charge on any atom is 0.291 e. The van der Waals surface area contributed by atoms with Gasteiger partial charge in [-0.25, -0.2) is 4.98 Å². The summed E-state index contributed by atoms with van der Waals surface area (Å²) in [6.45, 7) is 3.98. The van der Waals surface area contributed by atoms with E-state index in [1.165, 1.54) is 6.20 Å². The zero-order valence-corrected chi connectivity index (χ0v) is 11.9. The number of nitriles is 1. The molecule has 0 N–H and O–H groups in total. The van der Waals surface area contributed by atoms with Crippen molar-refractivity contribution in [3.8, 4) is 6.07 Å². The first-order valence-corrected chi connectivity index (χ1v) is 6.08. The molecule has 6 nitrogen and oxygen atoms in total. The van der Waals surface area contributed by atoms with E-state index >= 15 is 0 Å². The van der Waals surface area contributed by atoms with Crippen LogP contribution in [0, 0.1) is 34.3 Å². The van der Waals surface area contributed by atoms with E-state index in [1.54, 1.807) is 18.9 Å². The molecule has 7 heteroatoms. The number of nitrogens with zero attached hydrogens (tertiary/aromatic N) is 4. The molecule has 0 aliphatic rings. The van der Waals surface area contributed by atoms with Crippen LogP contribution < -0.4 is 4.90 Å². The number of anilines is 1. The van der Waals surface area contributed by atoms with E-state index in [2.05, 4.69) is 27.0 Å². The SMILES string of the molecule is Cc1c([N+](=O)[O-])cnc(N(C)CC(C)C#N)c1Br. The average molecular weight is 313 g/mol. The number of halogens is 1. The lowest BCUT2D eigenvalue weighted by atomic mass is 10.2. The molecule has 18 heavy (non-hydrogen) atoms. The van der Waals surface area contributed by atoms with Crippen LogP contribution >= 0.6 is 15.9 Å². The Kier molecular flexibility index (Phi) is 4.62. The van der Waals surface area contributed by atoms with E-state index in [0.29, 0.717) is 22.4 Å². The summed E-state index contributed by atoms with van der Waals surface area (Å²) in [6.07, 6.45) is 1.24. The Morgan fingerprint density at radius 2 is 2.33 bits per heavy atom. The minimum Gasteiger partial charge on any atom is -0.357 e. The molecule has 0 radical (unpaired) electrons. The molecule has 1 atom stereocenters. The molecule has 0 aromatic carbocycles. The molecule has 1 unspecified atom stereocenters. The van der Waals surface area contributed by atoms with Crippen molar-refractivity contribution < 1.29 is 4.92 Å². The van der Waals surface area contributed by atoms with Crippen LogP contribution in [0.4, 0.5) is 11.5 Å². The van der Waals surface area contributed by atoms with E-state index in [4.69, 9.17) is 5.26 Å². The molecule has 1 aromatic heterocycles. The van der Waals surface area contributed by atoms with Gasteiger partial charge in [0.1, 0.15) is 12.0 Å². The van der Waals surface area contributed by atoms with Gasteiger partial charge in [0.2, 0.25) is 0 Å². The lowest BCUT2D eigenvalue weighted by Gasteiger charge is -2.21. The van der Waals surface area contributed by atoms with Gasteiger partial charge in [-0.2, -0.15) is 5.26 Å². The summed E-state index contributed by atoms with van der Waals surface area (Å²) in [5, 5.41) is 19.5. The van der Waals surface area contributed by atoms with Crippen LogP contribution in [0.2, 0.25) is 0 Å². The second-order valence-electron chi connectivity index (χ2n) is 4.07. The van der Waals surface area contributed by atoms with Gasteiger partial charge in [-0.3, -0.25) is 10.1 Å². The first kappa shape index (κ1) is 14.4. The average Bonchev–Trinajstić information content (AvgIpc) is 2.31. The van der Waals surface area contributed by atoms with Crippen molar-refractivity contribution in [1.82, 2.24) is 4.98 Å². The van der Waals surface area contributed by atoms with Gasteiger partial charge in [0.25, 0.3) is 5.69 Å². The maximum atomic E-state index is 10.8. The highest BCUT2D eigenvalue weighted by atomic mass is 79.9. The standard InChI is InChI=1S/C11H13BrN4O2/c1-7(4-13)6-15(3)11-10(12)8(2)9(5-14-11)16(17)18/h5,7H,6H2,1-3H3. The lowest BCUT2D eigenvalue weighted by Crippen LogP contribution is -2.24. The van der Waals surface area contributed by atoms with Crippen molar-refractivity contribution >= 4 is 27.4 Å². The number of rotatable bonds is 4. The number of hydrogen-bond acceptors (Lipinski definition) is 5. The molecule has 1 aromatic rings. The number of hydrogen-bond donors (Lipinski definition) is 0. The predicted octanol–water partition coefficient (Wildman–Crippen LogP) is 2.66. The van der Waals surface area contributed by atoms with Crippen LogP contribution in [0.3, 0.4) is 0 Å². The van der Waals surface area contributed by atoms with E-state index < -0.39 is 4.92 Å². The molecule has 0 aliphatic carbocycles. The Bertz CT molecular complexity index is 513. The summed E-state index contributed by atoms with van der Waals surface area (Å²) in [5.41, 5.74) is 0.508. The third-order valence-corrected chi connectivity index (χ3v) is 3.49. The van der Waals surface area contributed by atoms with Crippen molar-refractivity contribution in [2.45, 2.75) is 13.8 Å². The molecule has 96 valence electrons. The molecule has 0 spiro atoms. The Morgan fingerprint density at radius 3 is 2.83 bits per heavy atom. The highest BCUT2D eigenvalue weighted by Gasteiger charge is 2.19. The number of pyridine rings is 1. The van der Waals surface area contributed by atoms with Gasteiger partial charge in [-0.1, -0.05) is 0 Å². The van der Waals surface area contributed by atoms with E-state index in [-0.39, 0.29) is 11.6 Å². The second-order valence-corrected chi connectivity index (χ2v) is 4.87. The fraction of sp³-hybridized carbons (Fsp3) is 0.455. The van der Waals surface area contributed by atoms with E-state index in [9.17, 15) is 10.1 Å². The Morgan fingerprint density at radius 1 is 1.72 bits per heavy atom. The van der Waals surface area contributed by atoms with Gasteiger partial charge >= 0.3 is 0 Å². The highest BCUT2D eigenvalue weighted by molar-refractivity contribution is 9.10. The van der Waals surface area contributed by atoms with Crippen molar-refractivity contribution in [3.63, 3.8) is 0 Å². The van der Waals surface area contributed by atoms with Crippen molar-refractivity contribution in [1.29, 1.82) is 5.26 Å². The van der Waals surface area contributed by atoms with Gasteiger partial charge in [-0.05, 0) is 29.8 Å². The summed E-state index contributed by atoms with van der Waals surface area (Å²) in [5.74, 6) is 0.458. The van der Waals surface area contributed by atoms with Crippen LogP contribution in [0.25, 0.3) is 0 Å². The molecule has 1 rings (SSSR count). The van der Waals surface area contributed by atoms with E-state index in [0.717, 1.165) is 0 Å². The molecule has 0 bridgehead atoms. The first-order chi connectivity index (χ1) is 8.38. The molecule has 0 amide bonds. The lowest BCUT2D eigenvalue weighted by molar-refractivity contribution is -0.385. The van der Waals surface area contributed by atoms with Gasteiger partial charge in [0.05, 0.1) is 21.4 Å². The van der Waals surface area contributed by atoms with Crippen LogP contribution in [-0.2, 0) is 0 Å². The normalized spacial score (nSPS) is 11.7. The molecule has 0 fully saturated rings. The first-order valence-electron chi connectivity index (χ1n) is 5.28. The van der Waals surface area contributed by atoms with Crippen LogP contribution in [-0.4, -0.2) is 23.5 Å². The molecule has 0 saturated heterocycles. The zero-order valence-electron chi connectivity index (χ0n) is 10.3. The quantitative estimate of drug-likeness (QED) is 0.630. The van der Waals surface area contributed by atoms with Gasteiger partial charge in [-0.15, -0.1) is 0 Å². The van der Waals surface area contributed by atoms with Gasteiger partial charge < -0.3 is 4.90 Å². The van der Waals surface area contributed by atoms with Crippen molar-refractivity contribution in [2.75, 3.05) is 18.5 Å². The Labute approximate surface area is 114 Å².